The van der Waals surface area contributed by atoms with Crippen LogP contribution < -0.4 is 11.1 Å². The van der Waals surface area contributed by atoms with Gasteiger partial charge in [0, 0.05) is 0 Å². The second kappa shape index (κ2) is 6.45. The molecule has 6 heteroatoms. The summed E-state index contributed by atoms with van der Waals surface area (Å²) in [5.41, 5.74) is 4.98. The van der Waals surface area contributed by atoms with Gasteiger partial charge in [0.1, 0.15) is 5.54 Å². The Kier molecular flexibility index (Phi) is 7.56. The third-order valence-electron chi connectivity index (χ3n) is 2.75. The monoisotopic (exact) mass is 243 g/mol. The predicted octanol–water partition coefficient (Wildman–Crippen LogP) is -0.000900. The Labute approximate surface area is 97.4 Å². The lowest BCUT2D eigenvalue weighted by Gasteiger charge is -2.40. The molecule has 0 bridgehead atoms. The first-order valence-electron chi connectivity index (χ1n) is 4.28. The number of hydrogen-bond acceptors (Lipinski definition) is 3. The van der Waals surface area contributed by atoms with Crippen molar-refractivity contribution in [3.8, 4) is 0 Å². The smallest absolute Gasteiger partial charge is 0.238 e. The zero-order chi connectivity index (χ0) is 9.19. The van der Waals surface area contributed by atoms with Crippen LogP contribution in [0.1, 0.15) is 12.8 Å². The number of primary amides is 1. The number of nitrogens with zero attached hydrogens (tertiary/aromatic N) is 1. The lowest BCUT2D eigenvalue weighted by molar-refractivity contribution is -0.130. The Balaban J connectivity index is 0. The van der Waals surface area contributed by atoms with Gasteiger partial charge in [-0.3, -0.25) is 9.69 Å². The van der Waals surface area contributed by atoms with Crippen LogP contribution >= 0.6 is 24.8 Å². The van der Waals surface area contributed by atoms with Crippen LogP contribution in [0.25, 0.3) is 0 Å². The number of amides is 1. The van der Waals surface area contributed by atoms with Crippen LogP contribution in [-0.2, 0) is 4.79 Å². The van der Waals surface area contributed by atoms with Crippen molar-refractivity contribution < 1.29 is 4.79 Å². The first-order valence-corrected chi connectivity index (χ1v) is 4.28. The number of nitrogens with two attached hydrogens (primary N) is 1. The molecule has 0 spiro atoms. The molecule has 1 aliphatic rings. The summed E-state index contributed by atoms with van der Waals surface area (Å²) in [5.74, 6) is -0.200. The van der Waals surface area contributed by atoms with E-state index in [9.17, 15) is 4.79 Å². The topological polar surface area (TPSA) is 58.4 Å². The van der Waals surface area contributed by atoms with Crippen LogP contribution in [-0.4, -0.2) is 43.5 Å². The Morgan fingerprint density at radius 3 is 1.93 bits per heavy atom. The summed E-state index contributed by atoms with van der Waals surface area (Å²) >= 11 is 0. The highest BCUT2D eigenvalue weighted by atomic mass is 35.5. The molecule has 1 heterocycles. The zero-order valence-corrected chi connectivity index (χ0v) is 10.2. The van der Waals surface area contributed by atoms with Crippen molar-refractivity contribution in [2.45, 2.75) is 18.4 Å². The maximum absolute atomic E-state index is 11.3. The Hall–Kier alpha value is -0.0300. The van der Waals surface area contributed by atoms with E-state index < -0.39 is 5.54 Å². The zero-order valence-electron chi connectivity index (χ0n) is 8.58. The first kappa shape index (κ1) is 16.4. The number of hydrogen-bond donors (Lipinski definition) is 2. The molecular formula is C8H19Cl2N3O. The Bertz CT molecular complexity index is 181. The van der Waals surface area contributed by atoms with Crippen molar-refractivity contribution >= 4 is 30.7 Å². The van der Waals surface area contributed by atoms with E-state index in [4.69, 9.17) is 5.73 Å². The first-order chi connectivity index (χ1) is 5.59. The fraction of sp³-hybridized carbons (Fsp3) is 0.875. The highest BCUT2D eigenvalue weighted by Gasteiger charge is 2.39. The van der Waals surface area contributed by atoms with E-state index >= 15 is 0 Å². The molecule has 4 nitrogen and oxygen atoms in total. The summed E-state index contributed by atoms with van der Waals surface area (Å²) in [6.45, 7) is 1.75. The Morgan fingerprint density at radius 2 is 1.71 bits per heavy atom. The van der Waals surface area contributed by atoms with Gasteiger partial charge in [0.25, 0.3) is 0 Å². The number of rotatable bonds is 2. The average Bonchev–Trinajstić information content (AvgIpc) is 2.05. The molecule has 1 amide bonds. The minimum Gasteiger partial charge on any atom is -0.368 e. The summed E-state index contributed by atoms with van der Waals surface area (Å²) in [5, 5.41) is 3.21. The number of carbonyl (C=O) groups excluding carboxylic acids is 1. The SMILES string of the molecule is CN(C)C1(C(N)=O)CCNCC1.Cl.Cl. The minimum atomic E-state index is -0.411. The van der Waals surface area contributed by atoms with Crippen molar-refractivity contribution in [1.82, 2.24) is 10.2 Å². The second-order valence-electron chi connectivity index (χ2n) is 3.54. The third kappa shape index (κ3) is 2.98. The molecule has 1 fully saturated rings. The maximum atomic E-state index is 11.3. The van der Waals surface area contributed by atoms with Crippen LogP contribution in [0.4, 0.5) is 0 Å². The highest BCUT2D eigenvalue weighted by molar-refractivity contribution is 5.85. The van der Waals surface area contributed by atoms with E-state index in [1.54, 1.807) is 0 Å². The largest absolute Gasteiger partial charge is 0.368 e. The molecule has 0 aromatic rings. The number of carbonyl (C=O) groups is 1. The lowest BCUT2D eigenvalue weighted by atomic mass is 9.86. The van der Waals surface area contributed by atoms with Crippen LogP contribution in [0, 0.1) is 0 Å². The van der Waals surface area contributed by atoms with Crippen molar-refractivity contribution in [2.24, 2.45) is 5.73 Å². The molecule has 0 aromatic carbocycles. The molecule has 1 aliphatic heterocycles. The van der Waals surface area contributed by atoms with Gasteiger partial charge < -0.3 is 11.1 Å². The average molecular weight is 244 g/mol. The molecular weight excluding hydrogens is 225 g/mol. The fourth-order valence-corrected chi connectivity index (χ4v) is 1.75. The standard InChI is InChI=1S/C8H17N3O.2ClH/c1-11(2)8(7(9)12)3-5-10-6-4-8;;/h10H,3-6H2,1-2H3,(H2,9,12);2*1H. The van der Waals surface area contributed by atoms with Crippen molar-refractivity contribution in [3.63, 3.8) is 0 Å². The van der Waals surface area contributed by atoms with E-state index in [-0.39, 0.29) is 30.7 Å². The molecule has 0 atom stereocenters. The van der Waals surface area contributed by atoms with E-state index in [1.165, 1.54) is 0 Å². The van der Waals surface area contributed by atoms with Gasteiger partial charge in [-0.2, -0.15) is 0 Å². The number of halogens is 2. The molecule has 1 saturated heterocycles. The van der Waals surface area contributed by atoms with Gasteiger partial charge >= 0.3 is 0 Å². The molecule has 0 saturated carbocycles. The summed E-state index contributed by atoms with van der Waals surface area (Å²) in [6.07, 6.45) is 1.63. The van der Waals surface area contributed by atoms with Gasteiger partial charge in [-0.05, 0) is 40.0 Å². The van der Waals surface area contributed by atoms with E-state index in [0.717, 1.165) is 25.9 Å². The third-order valence-corrected chi connectivity index (χ3v) is 2.75. The van der Waals surface area contributed by atoms with Crippen LogP contribution in [0.2, 0.25) is 0 Å². The molecule has 14 heavy (non-hydrogen) atoms. The van der Waals surface area contributed by atoms with Gasteiger partial charge in [0.05, 0.1) is 0 Å². The van der Waals surface area contributed by atoms with Crippen LogP contribution in [0.3, 0.4) is 0 Å². The molecule has 3 N–H and O–H groups in total. The van der Waals surface area contributed by atoms with Gasteiger partial charge in [-0.25, -0.2) is 0 Å². The van der Waals surface area contributed by atoms with Crippen molar-refractivity contribution in [2.75, 3.05) is 27.2 Å². The lowest BCUT2D eigenvalue weighted by Crippen LogP contribution is -2.59. The van der Waals surface area contributed by atoms with Gasteiger partial charge in [0.2, 0.25) is 5.91 Å². The minimum absolute atomic E-state index is 0. The highest BCUT2D eigenvalue weighted by Crippen LogP contribution is 2.22. The maximum Gasteiger partial charge on any atom is 0.238 e. The summed E-state index contributed by atoms with van der Waals surface area (Å²) in [6, 6.07) is 0. The summed E-state index contributed by atoms with van der Waals surface area (Å²) in [7, 11) is 3.83. The number of piperidine rings is 1. The van der Waals surface area contributed by atoms with Gasteiger partial charge in [0.15, 0.2) is 0 Å². The molecule has 0 unspecified atom stereocenters. The van der Waals surface area contributed by atoms with Gasteiger partial charge in [-0.1, -0.05) is 0 Å². The normalized spacial score (nSPS) is 19.4. The molecule has 86 valence electrons. The molecule has 0 aliphatic carbocycles. The fourth-order valence-electron chi connectivity index (χ4n) is 1.75. The van der Waals surface area contributed by atoms with E-state index in [1.807, 2.05) is 19.0 Å². The molecule has 0 aromatic heterocycles. The molecule has 1 rings (SSSR count). The number of nitrogens with one attached hydrogen (secondary N) is 1. The van der Waals surface area contributed by atoms with E-state index in [2.05, 4.69) is 5.32 Å². The van der Waals surface area contributed by atoms with Crippen molar-refractivity contribution in [1.29, 1.82) is 0 Å². The van der Waals surface area contributed by atoms with Crippen LogP contribution in [0.5, 0.6) is 0 Å². The summed E-state index contributed by atoms with van der Waals surface area (Å²) in [4.78, 5) is 13.2. The van der Waals surface area contributed by atoms with Crippen LogP contribution in [0.15, 0.2) is 0 Å². The summed E-state index contributed by atoms with van der Waals surface area (Å²) < 4.78 is 0. The molecule has 0 radical (unpaired) electrons. The van der Waals surface area contributed by atoms with E-state index in [0.29, 0.717) is 0 Å². The Morgan fingerprint density at radius 1 is 1.29 bits per heavy atom. The number of likely N-dealkylation sites (N-methyl/N-ethyl adjacent to an activating group) is 1. The van der Waals surface area contributed by atoms with Crippen molar-refractivity contribution in [3.05, 3.63) is 0 Å². The second-order valence-corrected chi connectivity index (χ2v) is 3.54. The quantitative estimate of drug-likeness (QED) is 0.718. The van der Waals surface area contributed by atoms with Gasteiger partial charge in [-0.15, -0.1) is 24.8 Å². The predicted molar refractivity (Wildman–Crippen MR) is 62.2 cm³/mol.